The summed E-state index contributed by atoms with van der Waals surface area (Å²) in [5.74, 6) is 2.21. The van der Waals surface area contributed by atoms with E-state index in [0.717, 1.165) is 37.8 Å². The lowest BCUT2D eigenvalue weighted by atomic mass is 9.82. The minimum Gasteiger partial charge on any atom is -0.392 e. The second-order valence-electron chi connectivity index (χ2n) is 5.94. The van der Waals surface area contributed by atoms with Gasteiger partial charge in [0, 0.05) is 6.54 Å². The van der Waals surface area contributed by atoms with Crippen LogP contribution in [0.2, 0.25) is 0 Å². The van der Waals surface area contributed by atoms with E-state index in [4.69, 9.17) is 0 Å². The van der Waals surface area contributed by atoms with Gasteiger partial charge in [-0.2, -0.15) is 0 Å². The summed E-state index contributed by atoms with van der Waals surface area (Å²) in [6, 6.07) is 0. The molecule has 1 aliphatic carbocycles. The zero-order valence-electron chi connectivity index (χ0n) is 11.9. The summed E-state index contributed by atoms with van der Waals surface area (Å²) in [5.41, 5.74) is 0. The van der Waals surface area contributed by atoms with E-state index in [1.165, 1.54) is 25.7 Å². The third kappa shape index (κ3) is 5.39. The van der Waals surface area contributed by atoms with Crippen molar-refractivity contribution in [2.45, 2.75) is 65.4 Å². The van der Waals surface area contributed by atoms with Crippen LogP contribution in [0.3, 0.4) is 0 Å². The van der Waals surface area contributed by atoms with Gasteiger partial charge < -0.3 is 10.4 Å². The van der Waals surface area contributed by atoms with Gasteiger partial charge in [-0.15, -0.1) is 0 Å². The second-order valence-corrected chi connectivity index (χ2v) is 5.94. The predicted octanol–water partition coefficient (Wildman–Crippen LogP) is 3.20. The first kappa shape index (κ1) is 15.0. The SMILES string of the molecule is CCC(CC)C(O)CNCC1CCCC(C)C1. The first-order chi connectivity index (χ1) is 8.17. The van der Waals surface area contributed by atoms with E-state index in [2.05, 4.69) is 26.1 Å². The summed E-state index contributed by atoms with van der Waals surface area (Å²) in [6.45, 7) is 8.57. The molecule has 0 amide bonds. The van der Waals surface area contributed by atoms with Crippen LogP contribution in [0.25, 0.3) is 0 Å². The van der Waals surface area contributed by atoms with Gasteiger partial charge in [-0.05, 0) is 37.1 Å². The molecule has 102 valence electrons. The van der Waals surface area contributed by atoms with Crippen LogP contribution in [0.1, 0.15) is 59.3 Å². The van der Waals surface area contributed by atoms with E-state index in [9.17, 15) is 5.11 Å². The quantitative estimate of drug-likeness (QED) is 0.717. The van der Waals surface area contributed by atoms with Crippen LogP contribution in [0.15, 0.2) is 0 Å². The number of hydrogen-bond acceptors (Lipinski definition) is 2. The van der Waals surface area contributed by atoms with Crippen molar-refractivity contribution in [3.05, 3.63) is 0 Å². The van der Waals surface area contributed by atoms with Crippen molar-refractivity contribution in [3.63, 3.8) is 0 Å². The molecule has 1 saturated carbocycles. The number of aliphatic hydroxyl groups excluding tert-OH is 1. The average Bonchev–Trinajstić information content (AvgIpc) is 2.30. The second kappa shape index (κ2) is 8.10. The van der Waals surface area contributed by atoms with E-state index in [1.54, 1.807) is 0 Å². The highest BCUT2D eigenvalue weighted by atomic mass is 16.3. The molecule has 0 spiro atoms. The smallest absolute Gasteiger partial charge is 0.0692 e. The minimum absolute atomic E-state index is 0.161. The van der Waals surface area contributed by atoms with Crippen LogP contribution >= 0.6 is 0 Å². The summed E-state index contributed by atoms with van der Waals surface area (Å²) in [7, 11) is 0. The number of rotatable bonds is 7. The Kier molecular flexibility index (Phi) is 7.14. The Morgan fingerprint density at radius 1 is 1.24 bits per heavy atom. The van der Waals surface area contributed by atoms with E-state index in [-0.39, 0.29) is 6.10 Å². The Hall–Kier alpha value is -0.0800. The largest absolute Gasteiger partial charge is 0.392 e. The Morgan fingerprint density at radius 3 is 2.53 bits per heavy atom. The Morgan fingerprint density at radius 2 is 1.94 bits per heavy atom. The lowest BCUT2D eigenvalue weighted by Gasteiger charge is -2.28. The van der Waals surface area contributed by atoms with Crippen molar-refractivity contribution >= 4 is 0 Å². The third-order valence-electron chi connectivity index (χ3n) is 4.42. The fourth-order valence-electron chi connectivity index (χ4n) is 3.18. The Bertz CT molecular complexity index is 189. The van der Waals surface area contributed by atoms with E-state index in [1.807, 2.05) is 0 Å². The molecule has 0 aliphatic heterocycles. The maximum Gasteiger partial charge on any atom is 0.0692 e. The molecule has 1 fully saturated rings. The Labute approximate surface area is 107 Å². The van der Waals surface area contributed by atoms with E-state index in [0.29, 0.717) is 5.92 Å². The van der Waals surface area contributed by atoms with Gasteiger partial charge in [-0.25, -0.2) is 0 Å². The highest BCUT2D eigenvalue weighted by Crippen LogP contribution is 2.27. The van der Waals surface area contributed by atoms with Gasteiger partial charge in [-0.1, -0.05) is 46.5 Å². The third-order valence-corrected chi connectivity index (χ3v) is 4.42. The topological polar surface area (TPSA) is 32.3 Å². The van der Waals surface area contributed by atoms with Crippen LogP contribution in [0, 0.1) is 17.8 Å². The van der Waals surface area contributed by atoms with Gasteiger partial charge in [0.25, 0.3) is 0 Å². The van der Waals surface area contributed by atoms with Crippen molar-refractivity contribution in [2.75, 3.05) is 13.1 Å². The number of hydrogen-bond donors (Lipinski definition) is 2. The van der Waals surface area contributed by atoms with Crippen LogP contribution in [0.4, 0.5) is 0 Å². The normalized spacial score (nSPS) is 27.4. The summed E-state index contributed by atoms with van der Waals surface area (Å²) >= 11 is 0. The predicted molar refractivity (Wildman–Crippen MR) is 74.1 cm³/mol. The van der Waals surface area contributed by atoms with Crippen LogP contribution in [-0.4, -0.2) is 24.3 Å². The molecular weight excluding hydrogens is 210 g/mol. The molecule has 0 saturated heterocycles. The lowest BCUT2D eigenvalue weighted by molar-refractivity contribution is 0.0991. The maximum absolute atomic E-state index is 10.0. The van der Waals surface area contributed by atoms with Crippen molar-refractivity contribution < 1.29 is 5.11 Å². The zero-order chi connectivity index (χ0) is 12.7. The maximum atomic E-state index is 10.0. The highest BCUT2D eigenvalue weighted by Gasteiger charge is 2.19. The first-order valence-electron chi connectivity index (χ1n) is 7.56. The fraction of sp³-hybridized carbons (Fsp3) is 1.00. The van der Waals surface area contributed by atoms with Crippen molar-refractivity contribution in [3.8, 4) is 0 Å². The molecule has 2 heteroatoms. The lowest BCUT2D eigenvalue weighted by Crippen LogP contribution is -2.36. The Balaban J connectivity index is 2.14. The van der Waals surface area contributed by atoms with Crippen molar-refractivity contribution in [1.82, 2.24) is 5.32 Å². The molecule has 2 nitrogen and oxygen atoms in total. The molecule has 1 rings (SSSR count). The summed E-state index contributed by atoms with van der Waals surface area (Å²) in [4.78, 5) is 0. The number of aliphatic hydroxyl groups is 1. The first-order valence-corrected chi connectivity index (χ1v) is 7.56. The summed E-state index contributed by atoms with van der Waals surface area (Å²) < 4.78 is 0. The van der Waals surface area contributed by atoms with Gasteiger partial charge >= 0.3 is 0 Å². The van der Waals surface area contributed by atoms with E-state index >= 15 is 0 Å². The van der Waals surface area contributed by atoms with Gasteiger partial charge in [0.1, 0.15) is 0 Å². The van der Waals surface area contributed by atoms with Crippen LogP contribution < -0.4 is 5.32 Å². The van der Waals surface area contributed by atoms with Gasteiger partial charge in [0.2, 0.25) is 0 Å². The fourth-order valence-corrected chi connectivity index (χ4v) is 3.18. The molecule has 1 aliphatic rings. The molecule has 0 heterocycles. The standard InChI is InChI=1S/C15H31NO/c1-4-14(5-2)15(17)11-16-10-13-8-6-7-12(3)9-13/h12-17H,4-11H2,1-3H3. The van der Waals surface area contributed by atoms with Gasteiger partial charge in [-0.3, -0.25) is 0 Å². The van der Waals surface area contributed by atoms with Gasteiger partial charge in [0.15, 0.2) is 0 Å². The van der Waals surface area contributed by atoms with Crippen LogP contribution in [-0.2, 0) is 0 Å². The molecule has 0 aromatic carbocycles. The molecule has 17 heavy (non-hydrogen) atoms. The monoisotopic (exact) mass is 241 g/mol. The zero-order valence-corrected chi connectivity index (χ0v) is 11.9. The molecule has 2 N–H and O–H groups in total. The van der Waals surface area contributed by atoms with Crippen LogP contribution in [0.5, 0.6) is 0 Å². The van der Waals surface area contributed by atoms with Gasteiger partial charge in [0.05, 0.1) is 6.10 Å². The van der Waals surface area contributed by atoms with Crippen molar-refractivity contribution in [1.29, 1.82) is 0 Å². The minimum atomic E-state index is -0.161. The average molecular weight is 241 g/mol. The molecule has 0 bridgehead atoms. The molecule has 0 radical (unpaired) electrons. The molecule has 3 atom stereocenters. The molecule has 3 unspecified atom stereocenters. The van der Waals surface area contributed by atoms with E-state index < -0.39 is 0 Å². The van der Waals surface area contributed by atoms with Crippen molar-refractivity contribution in [2.24, 2.45) is 17.8 Å². The molecule has 0 aromatic rings. The summed E-state index contributed by atoms with van der Waals surface area (Å²) in [6.07, 6.45) is 7.55. The summed E-state index contributed by atoms with van der Waals surface area (Å²) in [5, 5.41) is 13.5. The molecule has 0 aromatic heterocycles. The number of nitrogens with one attached hydrogen (secondary N) is 1. The highest BCUT2D eigenvalue weighted by molar-refractivity contribution is 4.74. The molecular formula is C15H31NO.